The molecule has 9 heteroatoms. The first-order valence-electron chi connectivity index (χ1n) is 7.01. The summed E-state index contributed by atoms with van der Waals surface area (Å²) in [5.41, 5.74) is 8.86. The Kier molecular flexibility index (Phi) is 5.53. The number of carbonyl (C=O) groups is 1. The van der Waals surface area contributed by atoms with Gasteiger partial charge in [-0.1, -0.05) is 11.6 Å². The molecule has 0 atom stereocenters. The summed E-state index contributed by atoms with van der Waals surface area (Å²) >= 11 is 5.89. The molecule has 132 valence electrons. The van der Waals surface area contributed by atoms with Gasteiger partial charge in [-0.25, -0.2) is 10.2 Å². The summed E-state index contributed by atoms with van der Waals surface area (Å²) < 4.78 is 37.4. The van der Waals surface area contributed by atoms with Crippen molar-refractivity contribution >= 4 is 34.7 Å². The van der Waals surface area contributed by atoms with Gasteiger partial charge < -0.3 is 11.1 Å². The SMILES string of the molecule is C/C(=N\NC(=O)Nc1ccc(C(F)(F)F)cc1)c1cc(Cl)ccc1N. The minimum Gasteiger partial charge on any atom is -0.398 e. The molecule has 2 aromatic rings. The average molecular weight is 371 g/mol. The number of amides is 2. The normalized spacial score (nSPS) is 12.0. The zero-order valence-corrected chi connectivity index (χ0v) is 13.7. The molecule has 0 unspecified atom stereocenters. The van der Waals surface area contributed by atoms with Crippen molar-refractivity contribution in [3.05, 3.63) is 58.6 Å². The van der Waals surface area contributed by atoms with E-state index in [4.69, 9.17) is 17.3 Å². The minimum absolute atomic E-state index is 0.195. The van der Waals surface area contributed by atoms with Crippen LogP contribution in [0.2, 0.25) is 5.02 Å². The maximum Gasteiger partial charge on any atom is 0.416 e. The smallest absolute Gasteiger partial charge is 0.398 e. The molecule has 0 bridgehead atoms. The van der Waals surface area contributed by atoms with E-state index in [-0.39, 0.29) is 5.69 Å². The van der Waals surface area contributed by atoms with Crippen molar-refractivity contribution in [2.24, 2.45) is 5.10 Å². The van der Waals surface area contributed by atoms with Crippen LogP contribution in [0.25, 0.3) is 0 Å². The molecule has 0 saturated carbocycles. The zero-order valence-electron chi connectivity index (χ0n) is 13.0. The third kappa shape index (κ3) is 5.12. The van der Waals surface area contributed by atoms with E-state index in [1.54, 1.807) is 25.1 Å². The number of nitrogens with zero attached hydrogens (tertiary/aromatic N) is 1. The highest BCUT2D eigenvalue weighted by atomic mass is 35.5. The average Bonchev–Trinajstić information content (AvgIpc) is 2.54. The lowest BCUT2D eigenvalue weighted by molar-refractivity contribution is -0.137. The van der Waals surface area contributed by atoms with Gasteiger partial charge in [0.2, 0.25) is 0 Å². The standard InChI is InChI=1S/C16H14ClF3N4O/c1-9(13-8-11(17)4-7-14(13)21)23-24-15(25)22-12-5-2-10(3-6-12)16(18,19)20/h2-8H,21H2,1H3,(H2,22,24,25)/b23-9+. The van der Waals surface area contributed by atoms with Crippen molar-refractivity contribution < 1.29 is 18.0 Å². The Hall–Kier alpha value is -2.74. The van der Waals surface area contributed by atoms with E-state index in [0.717, 1.165) is 24.3 Å². The molecule has 2 aromatic carbocycles. The van der Waals surface area contributed by atoms with Crippen LogP contribution in [0.1, 0.15) is 18.1 Å². The highest BCUT2D eigenvalue weighted by molar-refractivity contribution is 6.31. The van der Waals surface area contributed by atoms with Crippen LogP contribution in [-0.2, 0) is 6.18 Å². The molecule has 0 fully saturated rings. The number of alkyl halides is 3. The molecule has 0 radical (unpaired) electrons. The van der Waals surface area contributed by atoms with Crippen LogP contribution in [0.5, 0.6) is 0 Å². The fourth-order valence-electron chi connectivity index (χ4n) is 1.94. The van der Waals surface area contributed by atoms with Gasteiger partial charge in [0.05, 0.1) is 11.3 Å². The molecule has 2 rings (SSSR count). The number of nitrogens with two attached hydrogens (primary N) is 1. The highest BCUT2D eigenvalue weighted by Crippen LogP contribution is 2.29. The second-order valence-electron chi connectivity index (χ2n) is 5.07. The molecule has 0 saturated heterocycles. The van der Waals surface area contributed by atoms with Crippen LogP contribution in [-0.4, -0.2) is 11.7 Å². The number of nitrogen functional groups attached to an aromatic ring is 1. The number of halogens is 4. The predicted octanol–water partition coefficient (Wildman–Crippen LogP) is 4.49. The molecule has 0 aliphatic heterocycles. The summed E-state index contributed by atoms with van der Waals surface area (Å²) in [7, 11) is 0. The Balaban J connectivity index is 2.01. The summed E-state index contributed by atoms with van der Waals surface area (Å²) in [6.45, 7) is 1.63. The van der Waals surface area contributed by atoms with Crippen molar-refractivity contribution in [1.82, 2.24) is 5.43 Å². The minimum atomic E-state index is -4.43. The Morgan fingerprint density at radius 3 is 2.40 bits per heavy atom. The number of hydrogen-bond acceptors (Lipinski definition) is 3. The van der Waals surface area contributed by atoms with Crippen LogP contribution in [0.15, 0.2) is 47.6 Å². The maximum absolute atomic E-state index is 12.5. The van der Waals surface area contributed by atoms with Crippen LogP contribution in [0.4, 0.5) is 29.3 Å². The van der Waals surface area contributed by atoms with Gasteiger partial charge in [-0.05, 0) is 49.4 Å². The lowest BCUT2D eigenvalue weighted by atomic mass is 10.1. The van der Waals surface area contributed by atoms with Gasteiger partial charge in [0, 0.05) is 22.0 Å². The topological polar surface area (TPSA) is 79.5 Å². The first-order chi connectivity index (χ1) is 11.7. The second-order valence-corrected chi connectivity index (χ2v) is 5.51. The zero-order chi connectivity index (χ0) is 18.6. The number of benzene rings is 2. The Morgan fingerprint density at radius 2 is 1.80 bits per heavy atom. The van der Waals surface area contributed by atoms with Crippen LogP contribution in [0, 0.1) is 0 Å². The van der Waals surface area contributed by atoms with E-state index in [9.17, 15) is 18.0 Å². The van der Waals surface area contributed by atoms with Gasteiger partial charge >= 0.3 is 12.2 Å². The number of hydrogen-bond donors (Lipinski definition) is 3. The van der Waals surface area contributed by atoms with Crippen molar-refractivity contribution in [2.75, 3.05) is 11.1 Å². The van der Waals surface area contributed by atoms with Crippen molar-refractivity contribution in [3.8, 4) is 0 Å². The quantitative estimate of drug-likeness (QED) is 0.423. The van der Waals surface area contributed by atoms with E-state index >= 15 is 0 Å². The number of rotatable bonds is 3. The maximum atomic E-state index is 12.5. The molecular formula is C16H14ClF3N4O. The Labute approximate surface area is 146 Å². The fraction of sp³-hybridized carbons (Fsp3) is 0.125. The van der Waals surface area contributed by atoms with Crippen molar-refractivity contribution in [2.45, 2.75) is 13.1 Å². The van der Waals surface area contributed by atoms with Gasteiger partial charge in [-0.2, -0.15) is 18.3 Å². The molecular weight excluding hydrogens is 357 g/mol. The molecule has 5 nitrogen and oxygen atoms in total. The number of anilines is 2. The molecule has 25 heavy (non-hydrogen) atoms. The predicted molar refractivity (Wildman–Crippen MR) is 91.7 cm³/mol. The molecule has 0 spiro atoms. The van der Waals surface area contributed by atoms with Gasteiger partial charge in [-0.3, -0.25) is 0 Å². The molecule has 0 aliphatic carbocycles. The summed E-state index contributed by atoms with van der Waals surface area (Å²) in [6, 6.07) is 8.16. The third-order valence-electron chi connectivity index (χ3n) is 3.20. The number of nitrogens with one attached hydrogen (secondary N) is 2. The van der Waals surface area contributed by atoms with E-state index in [0.29, 0.717) is 22.0 Å². The lowest BCUT2D eigenvalue weighted by Gasteiger charge is -2.09. The first-order valence-corrected chi connectivity index (χ1v) is 7.38. The summed E-state index contributed by atoms with van der Waals surface area (Å²) in [6.07, 6.45) is -4.43. The number of carbonyl (C=O) groups excluding carboxylic acids is 1. The van der Waals surface area contributed by atoms with Gasteiger partial charge in [-0.15, -0.1) is 0 Å². The van der Waals surface area contributed by atoms with Gasteiger partial charge in [0.15, 0.2) is 0 Å². The lowest BCUT2D eigenvalue weighted by Crippen LogP contribution is -2.25. The molecule has 2 amide bonds. The Morgan fingerprint density at radius 1 is 1.16 bits per heavy atom. The van der Waals surface area contributed by atoms with Crippen LogP contribution in [0.3, 0.4) is 0 Å². The monoisotopic (exact) mass is 370 g/mol. The van der Waals surface area contributed by atoms with E-state index in [1.165, 1.54) is 0 Å². The number of urea groups is 1. The number of hydrazone groups is 1. The fourth-order valence-corrected chi connectivity index (χ4v) is 2.11. The summed E-state index contributed by atoms with van der Waals surface area (Å²) in [5.74, 6) is 0. The van der Waals surface area contributed by atoms with E-state index in [1.807, 2.05) is 0 Å². The Bertz CT molecular complexity index is 804. The second kappa shape index (κ2) is 7.43. The van der Waals surface area contributed by atoms with Crippen molar-refractivity contribution in [1.29, 1.82) is 0 Å². The molecule has 0 heterocycles. The largest absolute Gasteiger partial charge is 0.416 e. The first kappa shape index (κ1) is 18.6. The molecule has 0 aromatic heterocycles. The van der Waals surface area contributed by atoms with Gasteiger partial charge in [0.1, 0.15) is 0 Å². The van der Waals surface area contributed by atoms with E-state index in [2.05, 4.69) is 15.8 Å². The molecule has 4 N–H and O–H groups in total. The molecule has 0 aliphatic rings. The van der Waals surface area contributed by atoms with Crippen LogP contribution >= 0.6 is 11.6 Å². The third-order valence-corrected chi connectivity index (χ3v) is 3.44. The van der Waals surface area contributed by atoms with E-state index < -0.39 is 17.8 Å². The van der Waals surface area contributed by atoms with Crippen molar-refractivity contribution in [3.63, 3.8) is 0 Å². The van der Waals surface area contributed by atoms with Gasteiger partial charge in [0.25, 0.3) is 0 Å². The summed E-state index contributed by atoms with van der Waals surface area (Å²) in [4.78, 5) is 11.8. The highest BCUT2D eigenvalue weighted by Gasteiger charge is 2.29. The summed E-state index contributed by atoms with van der Waals surface area (Å²) in [5, 5.41) is 6.72. The van der Waals surface area contributed by atoms with Crippen LogP contribution < -0.4 is 16.5 Å².